The van der Waals surface area contributed by atoms with Crippen molar-refractivity contribution in [3.8, 4) is 6.07 Å². The summed E-state index contributed by atoms with van der Waals surface area (Å²) in [6.07, 6.45) is 4.02. The van der Waals surface area contributed by atoms with Crippen LogP contribution in [0.3, 0.4) is 0 Å². The van der Waals surface area contributed by atoms with Crippen molar-refractivity contribution >= 4 is 17.2 Å². The monoisotopic (exact) mass is 432 g/mol. The Labute approximate surface area is 184 Å². The third-order valence-electron chi connectivity index (χ3n) is 6.11. The van der Waals surface area contributed by atoms with Crippen LogP contribution in [0, 0.1) is 11.3 Å². The van der Waals surface area contributed by atoms with Crippen LogP contribution in [0.1, 0.15) is 46.2 Å². The lowest BCUT2D eigenvalue weighted by Crippen LogP contribution is -2.46. The van der Waals surface area contributed by atoms with E-state index in [2.05, 4.69) is 36.3 Å². The molecule has 0 radical (unpaired) electrons. The van der Waals surface area contributed by atoms with Gasteiger partial charge in [-0.05, 0) is 30.9 Å². The van der Waals surface area contributed by atoms with Gasteiger partial charge in [-0.3, -0.25) is 14.5 Å². The maximum atomic E-state index is 12.2. The summed E-state index contributed by atoms with van der Waals surface area (Å²) in [6.45, 7) is 3.78. The van der Waals surface area contributed by atoms with Crippen molar-refractivity contribution < 1.29 is 4.79 Å². The fourth-order valence-corrected chi connectivity index (χ4v) is 4.20. The fourth-order valence-electron chi connectivity index (χ4n) is 4.20. The lowest BCUT2D eigenvalue weighted by Gasteiger charge is -2.35. The average molecular weight is 432 g/mol. The van der Waals surface area contributed by atoms with Crippen molar-refractivity contribution in [2.45, 2.75) is 25.3 Å². The fraction of sp³-hybridized carbons (Fsp3) is 0.409. The lowest BCUT2D eigenvalue weighted by molar-refractivity contribution is 0.0958. The molecular weight excluding hydrogens is 408 g/mol. The summed E-state index contributed by atoms with van der Waals surface area (Å²) in [6, 6.07) is 7.48. The van der Waals surface area contributed by atoms with Crippen molar-refractivity contribution in [1.82, 2.24) is 29.8 Å². The van der Waals surface area contributed by atoms with E-state index in [0.29, 0.717) is 18.1 Å². The first-order chi connectivity index (χ1) is 15.6. The standard InChI is InChI=1S/C22H24N8O2/c1-24-22(32)17-4-5-19(18(11-23)25-17)29-8-6-28(7-9-29)12-15-10-20-26-21(31)16(14-2-3-14)13-30(20)27-15/h4-5,10,13-14H,2-3,6-9,12H2,1H3,(H,24,32)(H,26,31). The molecule has 0 bridgehead atoms. The average Bonchev–Trinajstić information content (AvgIpc) is 3.59. The van der Waals surface area contributed by atoms with E-state index in [4.69, 9.17) is 0 Å². The molecule has 1 aliphatic heterocycles. The normalized spacial score (nSPS) is 16.8. The van der Waals surface area contributed by atoms with E-state index in [1.165, 1.54) is 7.05 Å². The number of rotatable bonds is 5. The molecule has 3 aromatic heterocycles. The molecule has 32 heavy (non-hydrogen) atoms. The first-order valence-corrected chi connectivity index (χ1v) is 10.8. The maximum Gasteiger partial charge on any atom is 0.269 e. The third-order valence-corrected chi connectivity index (χ3v) is 6.11. The summed E-state index contributed by atoms with van der Waals surface area (Å²) < 4.78 is 1.78. The predicted molar refractivity (Wildman–Crippen MR) is 118 cm³/mol. The summed E-state index contributed by atoms with van der Waals surface area (Å²) in [7, 11) is 1.54. The van der Waals surface area contributed by atoms with E-state index in [1.807, 2.05) is 12.3 Å². The van der Waals surface area contributed by atoms with Gasteiger partial charge < -0.3 is 15.2 Å². The molecule has 1 saturated carbocycles. The molecular formula is C22H24N8O2. The highest BCUT2D eigenvalue weighted by molar-refractivity contribution is 5.92. The Balaban J connectivity index is 1.26. The molecule has 0 aromatic carbocycles. The minimum absolute atomic E-state index is 0.00981. The molecule has 10 heteroatoms. The molecule has 164 valence electrons. The molecule has 2 fully saturated rings. The molecule has 1 aliphatic carbocycles. The summed E-state index contributed by atoms with van der Waals surface area (Å²) in [4.78, 5) is 35.6. The Bertz CT molecular complexity index is 1280. The first-order valence-electron chi connectivity index (χ1n) is 10.8. The van der Waals surface area contributed by atoms with Crippen LogP contribution in [-0.2, 0) is 6.54 Å². The first kappa shape index (κ1) is 20.2. The number of carbonyl (C=O) groups is 1. The number of amides is 1. The van der Waals surface area contributed by atoms with Crippen LogP contribution in [0.15, 0.2) is 29.2 Å². The zero-order valence-corrected chi connectivity index (χ0v) is 17.8. The van der Waals surface area contributed by atoms with Gasteiger partial charge in [0.2, 0.25) is 0 Å². The molecule has 0 spiro atoms. The van der Waals surface area contributed by atoms with Crippen molar-refractivity contribution in [3.05, 3.63) is 57.4 Å². The third kappa shape index (κ3) is 3.83. The zero-order chi connectivity index (χ0) is 22.2. The molecule has 10 nitrogen and oxygen atoms in total. The highest BCUT2D eigenvalue weighted by atomic mass is 16.1. The number of nitriles is 1. The van der Waals surface area contributed by atoms with Gasteiger partial charge in [-0.2, -0.15) is 10.4 Å². The number of fused-ring (bicyclic) bond motifs is 1. The van der Waals surface area contributed by atoms with Gasteiger partial charge in [0.05, 0.1) is 11.4 Å². The molecule has 2 N–H and O–H groups in total. The quantitative estimate of drug-likeness (QED) is 0.613. The number of aromatic amines is 1. The SMILES string of the molecule is CNC(=O)c1ccc(N2CCN(Cc3cc4[nH]c(=O)c(C5CC5)cn4n3)CC2)c(C#N)n1. The topological polar surface area (TPSA) is 122 Å². The summed E-state index contributed by atoms with van der Waals surface area (Å²) in [5, 5.41) is 16.7. The van der Waals surface area contributed by atoms with Crippen LogP contribution < -0.4 is 15.8 Å². The van der Waals surface area contributed by atoms with Gasteiger partial charge in [-0.25, -0.2) is 9.50 Å². The van der Waals surface area contributed by atoms with Crippen molar-refractivity contribution in [2.24, 2.45) is 0 Å². The molecule has 3 aromatic rings. The molecule has 1 amide bonds. The number of pyridine rings is 1. The molecule has 0 atom stereocenters. The van der Waals surface area contributed by atoms with E-state index in [1.54, 1.807) is 16.6 Å². The number of carbonyl (C=O) groups excluding carboxylic acids is 1. The van der Waals surface area contributed by atoms with Crippen LogP contribution in [0.2, 0.25) is 0 Å². The van der Waals surface area contributed by atoms with Crippen LogP contribution in [-0.4, -0.2) is 63.6 Å². The summed E-state index contributed by atoms with van der Waals surface area (Å²) in [5.74, 6) is 0.0676. The highest BCUT2D eigenvalue weighted by Gasteiger charge is 2.27. The number of hydrogen-bond donors (Lipinski definition) is 2. The second kappa shape index (κ2) is 8.09. The van der Waals surface area contributed by atoms with Gasteiger partial charge in [0, 0.05) is 57.6 Å². The van der Waals surface area contributed by atoms with E-state index < -0.39 is 0 Å². The smallest absolute Gasteiger partial charge is 0.269 e. The van der Waals surface area contributed by atoms with Gasteiger partial charge in [0.1, 0.15) is 17.4 Å². The number of anilines is 1. The molecule has 0 unspecified atom stereocenters. The molecule has 5 rings (SSSR count). The molecule has 2 aliphatic rings. The van der Waals surface area contributed by atoms with Gasteiger partial charge in [-0.1, -0.05) is 0 Å². The van der Waals surface area contributed by atoms with Crippen molar-refractivity contribution in [2.75, 3.05) is 38.1 Å². The summed E-state index contributed by atoms with van der Waals surface area (Å²) in [5.41, 5.74) is 3.69. The zero-order valence-electron chi connectivity index (χ0n) is 17.8. The Morgan fingerprint density at radius 1 is 1.28 bits per heavy atom. The Morgan fingerprint density at radius 2 is 2.06 bits per heavy atom. The molecule has 1 saturated heterocycles. The van der Waals surface area contributed by atoms with Crippen LogP contribution in [0.5, 0.6) is 0 Å². The number of nitrogens with zero attached hydrogens (tertiary/aromatic N) is 6. The van der Waals surface area contributed by atoms with E-state index in [0.717, 1.165) is 56.0 Å². The predicted octanol–water partition coefficient (Wildman–Crippen LogP) is 0.848. The number of H-pyrrole nitrogens is 1. The summed E-state index contributed by atoms with van der Waals surface area (Å²) >= 11 is 0. The second-order valence-corrected chi connectivity index (χ2v) is 8.30. The Hall–Kier alpha value is -3.71. The van der Waals surface area contributed by atoms with Crippen LogP contribution >= 0.6 is 0 Å². The number of nitrogens with one attached hydrogen (secondary N) is 2. The van der Waals surface area contributed by atoms with E-state index >= 15 is 0 Å². The van der Waals surface area contributed by atoms with E-state index in [-0.39, 0.29) is 22.9 Å². The number of aromatic nitrogens is 4. The van der Waals surface area contributed by atoms with E-state index in [9.17, 15) is 14.9 Å². The Morgan fingerprint density at radius 3 is 2.75 bits per heavy atom. The minimum Gasteiger partial charge on any atom is -0.367 e. The van der Waals surface area contributed by atoms with Gasteiger partial charge in [-0.15, -0.1) is 0 Å². The van der Waals surface area contributed by atoms with Gasteiger partial charge >= 0.3 is 0 Å². The van der Waals surface area contributed by atoms with Gasteiger partial charge in [0.25, 0.3) is 11.5 Å². The largest absolute Gasteiger partial charge is 0.367 e. The maximum absolute atomic E-state index is 12.2. The van der Waals surface area contributed by atoms with Gasteiger partial charge in [0.15, 0.2) is 5.69 Å². The lowest BCUT2D eigenvalue weighted by atomic mass is 10.2. The molecule has 4 heterocycles. The second-order valence-electron chi connectivity index (χ2n) is 8.30. The minimum atomic E-state index is -0.309. The van der Waals surface area contributed by atoms with Crippen LogP contribution in [0.25, 0.3) is 5.65 Å². The van der Waals surface area contributed by atoms with Crippen LogP contribution in [0.4, 0.5) is 5.69 Å². The Kier molecular flexibility index (Phi) is 5.11. The van der Waals surface area contributed by atoms with Crippen molar-refractivity contribution in [3.63, 3.8) is 0 Å². The number of hydrogen-bond acceptors (Lipinski definition) is 7. The van der Waals surface area contributed by atoms with Crippen molar-refractivity contribution in [1.29, 1.82) is 5.26 Å². The number of piperazine rings is 1. The highest BCUT2D eigenvalue weighted by Crippen LogP contribution is 2.38.